The molecule has 0 aliphatic carbocycles. The Morgan fingerprint density at radius 3 is 2.47 bits per heavy atom. The molecule has 0 bridgehead atoms. The molecule has 0 saturated carbocycles. The Kier molecular flexibility index (Phi) is 5.29. The molecule has 152 valence electrons. The zero-order valence-corrected chi connectivity index (χ0v) is 17.9. The van der Waals surface area contributed by atoms with Gasteiger partial charge in [0.05, 0.1) is 5.52 Å². The summed E-state index contributed by atoms with van der Waals surface area (Å²) in [5.74, 6) is 0.653. The molecule has 1 fully saturated rings. The highest BCUT2D eigenvalue weighted by atomic mass is 35.5. The van der Waals surface area contributed by atoms with Crippen LogP contribution in [0.4, 0.5) is 5.95 Å². The largest absolute Gasteiger partial charge is 0.340 e. The van der Waals surface area contributed by atoms with Gasteiger partial charge in [-0.1, -0.05) is 54.1 Å². The second-order valence-corrected chi connectivity index (χ2v) is 8.79. The number of thiophene rings is 1. The molecule has 1 saturated heterocycles. The van der Waals surface area contributed by atoms with Gasteiger partial charge in [0.2, 0.25) is 5.95 Å². The van der Waals surface area contributed by atoms with Crippen LogP contribution in [-0.2, 0) is 6.54 Å². The number of anilines is 1. The molecule has 0 unspecified atom stereocenters. The van der Waals surface area contributed by atoms with Crippen molar-refractivity contribution in [3.8, 4) is 11.1 Å². The average molecular weight is 437 g/mol. The summed E-state index contributed by atoms with van der Waals surface area (Å²) in [5, 5.41) is 2.69. The van der Waals surface area contributed by atoms with Crippen LogP contribution in [0.5, 0.6) is 0 Å². The number of hydrogen-bond donors (Lipinski definition) is 1. The number of H-pyrrole nitrogens is 1. The summed E-state index contributed by atoms with van der Waals surface area (Å²) in [5.41, 5.74) is 3.99. The number of nitrogens with zero attached hydrogens (tertiary/aromatic N) is 3. The van der Waals surface area contributed by atoms with Gasteiger partial charge in [-0.15, -0.1) is 11.3 Å². The number of fused-ring (bicyclic) bond motifs is 1. The SMILES string of the molecule is O=c1[nH]c(N2CCN(Cc3ccccc3)CC2)nc2c(-c3ccc(Cl)cc3)csc12. The smallest absolute Gasteiger partial charge is 0.270 e. The lowest BCUT2D eigenvalue weighted by Crippen LogP contribution is -2.46. The number of rotatable bonds is 4. The van der Waals surface area contributed by atoms with E-state index in [1.807, 2.05) is 35.7 Å². The van der Waals surface area contributed by atoms with Crippen molar-refractivity contribution in [2.75, 3.05) is 31.1 Å². The number of aromatic amines is 1. The van der Waals surface area contributed by atoms with Crippen molar-refractivity contribution < 1.29 is 0 Å². The first kappa shape index (κ1) is 19.3. The minimum atomic E-state index is -0.0769. The van der Waals surface area contributed by atoms with E-state index in [0.717, 1.165) is 49.4 Å². The fraction of sp³-hybridized carbons (Fsp3) is 0.217. The number of nitrogens with one attached hydrogen (secondary N) is 1. The van der Waals surface area contributed by atoms with E-state index in [9.17, 15) is 4.79 Å². The third-order valence-corrected chi connectivity index (χ3v) is 6.71. The van der Waals surface area contributed by atoms with Crippen LogP contribution in [0, 0.1) is 0 Å². The van der Waals surface area contributed by atoms with Crippen molar-refractivity contribution in [2.24, 2.45) is 0 Å². The standard InChI is InChI=1S/C23H21ClN4OS/c24-18-8-6-17(7-9-18)19-15-30-21-20(19)25-23(26-22(21)29)28-12-10-27(11-13-28)14-16-4-2-1-3-5-16/h1-9,15H,10-14H2,(H,25,26,29). The Labute approximate surface area is 183 Å². The maximum Gasteiger partial charge on any atom is 0.270 e. The van der Waals surface area contributed by atoms with Crippen LogP contribution in [-0.4, -0.2) is 41.0 Å². The van der Waals surface area contributed by atoms with Crippen molar-refractivity contribution >= 4 is 39.1 Å². The number of aromatic nitrogens is 2. The van der Waals surface area contributed by atoms with E-state index in [1.165, 1.54) is 16.9 Å². The number of halogens is 1. The highest BCUT2D eigenvalue weighted by Gasteiger charge is 2.21. The van der Waals surface area contributed by atoms with E-state index in [4.69, 9.17) is 16.6 Å². The Morgan fingerprint density at radius 2 is 1.73 bits per heavy atom. The Balaban J connectivity index is 1.38. The van der Waals surface area contributed by atoms with Crippen LogP contribution in [0.25, 0.3) is 21.3 Å². The number of benzene rings is 2. The molecule has 3 heterocycles. The highest BCUT2D eigenvalue weighted by molar-refractivity contribution is 7.17. The number of piperazine rings is 1. The van der Waals surface area contributed by atoms with Crippen LogP contribution >= 0.6 is 22.9 Å². The number of hydrogen-bond acceptors (Lipinski definition) is 5. The van der Waals surface area contributed by atoms with Gasteiger partial charge < -0.3 is 4.90 Å². The Bertz CT molecular complexity index is 1210. The second kappa shape index (κ2) is 8.22. The summed E-state index contributed by atoms with van der Waals surface area (Å²) in [6.07, 6.45) is 0. The predicted octanol–water partition coefficient (Wildman–Crippen LogP) is 4.63. The van der Waals surface area contributed by atoms with E-state index in [0.29, 0.717) is 15.7 Å². The minimum absolute atomic E-state index is 0.0769. The maximum absolute atomic E-state index is 12.7. The second-order valence-electron chi connectivity index (χ2n) is 7.47. The molecule has 7 heteroatoms. The quantitative estimate of drug-likeness (QED) is 0.507. The van der Waals surface area contributed by atoms with Crippen molar-refractivity contribution in [3.05, 3.63) is 80.9 Å². The molecule has 4 aromatic rings. The summed E-state index contributed by atoms with van der Waals surface area (Å²) < 4.78 is 0.659. The molecule has 0 spiro atoms. The lowest BCUT2D eigenvalue weighted by molar-refractivity contribution is 0.248. The fourth-order valence-electron chi connectivity index (χ4n) is 3.86. The van der Waals surface area contributed by atoms with Gasteiger partial charge in [0.1, 0.15) is 4.70 Å². The summed E-state index contributed by atoms with van der Waals surface area (Å²) in [6.45, 7) is 4.49. The first-order valence-corrected chi connectivity index (χ1v) is 11.2. The Hall–Kier alpha value is -2.67. The molecule has 0 amide bonds. The lowest BCUT2D eigenvalue weighted by Gasteiger charge is -2.35. The van der Waals surface area contributed by atoms with Crippen molar-refractivity contribution in [3.63, 3.8) is 0 Å². The van der Waals surface area contributed by atoms with Crippen LogP contribution in [0.15, 0.2) is 64.8 Å². The highest BCUT2D eigenvalue weighted by Crippen LogP contribution is 2.32. The summed E-state index contributed by atoms with van der Waals surface area (Å²) in [4.78, 5) is 25.2. The van der Waals surface area contributed by atoms with Crippen LogP contribution in [0.3, 0.4) is 0 Å². The van der Waals surface area contributed by atoms with Gasteiger partial charge in [0.25, 0.3) is 5.56 Å². The molecule has 0 atom stereocenters. The minimum Gasteiger partial charge on any atom is -0.340 e. The summed E-state index contributed by atoms with van der Waals surface area (Å²) >= 11 is 7.46. The molecule has 1 aliphatic heterocycles. The zero-order chi connectivity index (χ0) is 20.5. The average Bonchev–Trinajstić information content (AvgIpc) is 3.20. The molecule has 2 aromatic carbocycles. The molecular weight excluding hydrogens is 416 g/mol. The van der Waals surface area contributed by atoms with Crippen LogP contribution in [0.1, 0.15) is 5.56 Å². The maximum atomic E-state index is 12.7. The fourth-order valence-corrected chi connectivity index (χ4v) is 4.89. The van der Waals surface area contributed by atoms with E-state index >= 15 is 0 Å². The molecule has 5 rings (SSSR count). The third-order valence-electron chi connectivity index (χ3n) is 5.49. The van der Waals surface area contributed by atoms with E-state index in [-0.39, 0.29) is 5.56 Å². The summed E-state index contributed by atoms with van der Waals surface area (Å²) in [6, 6.07) is 18.2. The van der Waals surface area contributed by atoms with Crippen molar-refractivity contribution in [1.82, 2.24) is 14.9 Å². The molecule has 1 aliphatic rings. The first-order chi connectivity index (χ1) is 14.7. The van der Waals surface area contributed by atoms with Crippen LogP contribution < -0.4 is 10.5 Å². The van der Waals surface area contributed by atoms with Gasteiger partial charge in [0.15, 0.2) is 0 Å². The normalized spacial score (nSPS) is 15.0. The van der Waals surface area contributed by atoms with E-state index in [2.05, 4.69) is 39.0 Å². The van der Waals surface area contributed by atoms with Gasteiger partial charge in [-0.3, -0.25) is 14.7 Å². The van der Waals surface area contributed by atoms with Gasteiger partial charge in [-0.05, 0) is 23.3 Å². The molecule has 5 nitrogen and oxygen atoms in total. The monoisotopic (exact) mass is 436 g/mol. The van der Waals surface area contributed by atoms with Gasteiger partial charge in [-0.25, -0.2) is 4.98 Å². The van der Waals surface area contributed by atoms with E-state index < -0.39 is 0 Å². The first-order valence-electron chi connectivity index (χ1n) is 9.96. The van der Waals surface area contributed by atoms with Crippen LogP contribution in [0.2, 0.25) is 5.02 Å². The topological polar surface area (TPSA) is 52.2 Å². The zero-order valence-electron chi connectivity index (χ0n) is 16.3. The van der Waals surface area contributed by atoms with Gasteiger partial charge in [-0.2, -0.15) is 0 Å². The molecule has 30 heavy (non-hydrogen) atoms. The van der Waals surface area contributed by atoms with E-state index in [1.54, 1.807) is 0 Å². The molecule has 0 radical (unpaired) electrons. The van der Waals surface area contributed by atoms with Gasteiger partial charge >= 0.3 is 0 Å². The summed E-state index contributed by atoms with van der Waals surface area (Å²) in [7, 11) is 0. The Morgan fingerprint density at radius 1 is 1.00 bits per heavy atom. The van der Waals surface area contributed by atoms with Crippen molar-refractivity contribution in [1.29, 1.82) is 0 Å². The predicted molar refractivity (Wildman–Crippen MR) is 125 cm³/mol. The third kappa shape index (κ3) is 3.86. The lowest BCUT2D eigenvalue weighted by atomic mass is 10.1. The molecule has 2 aromatic heterocycles. The molecular formula is C23H21ClN4OS. The van der Waals surface area contributed by atoms with Crippen molar-refractivity contribution in [2.45, 2.75) is 6.54 Å². The molecule has 1 N–H and O–H groups in total. The van der Waals surface area contributed by atoms with Gasteiger partial charge in [0, 0.05) is 48.7 Å².